The molecule has 2 atom stereocenters. The summed E-state index contributed by atoms with van der Waals surface area (Å²) in [5.74, 6) is -2.60. The molecule has 0 aliphatic carbocycles. The molecule has 0 amide bonds. The SMILES string of the molecule is CCCCCCCCCCCN=C([O-])C(O)C(O)C(=O)O.[Na+]. The predicted molar refractivity (Wildman–Crippen MR) is 79.2 cm³/mol. The van der Waals surface area contributed by atoms with Gasteiger partial charge in [-0.1, -0.05) is 58.3 Å². The monoisotopic (exact) mass is 325 g/mol. The topological polar surface area (TPSA) is 113 Å². The normalized spacial score (nSPS) is 14.2. The first-order chi connectivity index (χ1) is 10.0. The molecule has 0 heterocycles. The predicted octanol–water partition coefficient (Wildman–Crippen LogP) is -1.91. The average Bonchev–Trinajstić information content (AvgIpc) is 2.47. The van der Waals surface area contributed by atoms with E-state index in [4.69, 9.17) is 10.2 Å². The maximum Gasteiger partial charge on any atom is 1.00 e. The molecule has 0 bridgehead atoms. The summed E-state index contributed by atoms with van der Waals surface area (Å²) in [6, 6.07) is 0. The summed E-state index contributed by atoms with van der Waals surface area (Å²) in [5, 5.41) is 38.0. The number of rotatable bonds is 13. The van der Waals surface area contributed by atoms with Crippen molar-refractivity contribution < 1.29 is 54.8 Å². The van der Waals surface area contributed by atoms with Crippen molar-refractivity contribution in [2.24, 2.45) is 4.99 Å². The van der Waals surface area contributed by atoms with Gasteiger partial charge in [-0.2, -0.15) is 0 Å². The van der Waals surface area contributed by atoms with Crippen molar-refractivity contribution >= 4 is 11.9 Å². The third-order valence-corrected chi connectivity index (χ3v) is 3.33. The molecular formula is C15H28NNaO5. The molecule has 124 valence electrons. The first-order valence-electron chi connectivity index (χ1n) is 7.81. The molecule has 0 saturated carbocycles. The van der Waals surface area contributed by atoms with E-state index in [2.05, 4.69) is 11.9 Å². The number of carboxylic acids is 1. The van der Waals surface area contributed by atoms with Gasteiger partial charge in [0.05, 0.1) is 0 Å². The molecule has 0 radical (unpaired) electrons. The summed E-state index contributed by atoms with van der Waals surface area (Å²) in [5.41, 5.74) is 0. The Bertz CT molecular complexity index is 312. The third-order valence-electron chi connectivity index (χ3n) is 3.33. The number of aliphatic carboxylic acids is 1. The van der Waals surface area contributed by atoms with Crippen LogP contribution in [0.1, 0.15) is 64.7 Å². The van der Waals surface area contributed by atoms with Gasteiger partial charge in [0, 0.05) is 6.54 Å². The van der Waals surface area contributed by atoms with E-state index in [1.165, 1.54) is 38.5 Å². The number of carbonyl (C=O) groups is 1. The number of hydrogen-bond acceptors (Lipinski definition) is 5. The Morgan fingerprint density at radius 3 is 1.86 bits per heavy atom. The number of carboxylic acid groups (broad SMARTS) is 1. The fourth-order valence-corrected chi connectivity index (χ4v) is 1.98. The number of aliphatic imine (C=N–C) groups is 1. The second-order valence-electron chi connectivity index (χ2n) is 5.28. The molecule has 0 saturated heterocycles. The van der Waals surface area contributed by atoms with Crippen molar-refractivity contribution in [3.05, 3.63) is 0 Å². The minimum Gasteiger partial charge on any atom is -0.860 e. The number of hydrogen-bond donors (Lipinski definition) is 3. The van der Waals surface area contributed by atoms with E-state index in [0.717, 1.165) is 19.3 Å². The average molecular weight is 325 g/mol. The number of aliphatic hydroxyl groups excluding tert-OH is 2. The minimum absolute atomic E-state index is 0. The van der Waals surface area contributed by atoms with Crippen LogP contribution in [0.5, 0.6) is 0 Å². The van der Waals surface area contributed by atoms with Crippen molar-refractivity contribution in [2.75, 3.05) is 6.54 Å². The van der Waals surface area contributed by atoms with Crippen LogP contribution < -0.4 is 34.7 Å². The van der Waals surface area contributed by atoms with Crippen LogP contribution in [-0.2, 0) is 4.79 Å². The second kappa shape index (κ2) is 15.7. The van der Waals surface area contributed by atoms with Gasteiger partial charge in [0.2, 0.25) is 0 Å². The summed E-state index contributed by atoms with van der Waals surface area (Å²) in [4.78, 5) is 14.0. The van der Waals surface area contributed by atoms with Crippen LogP contribution in [0.2, 0.25) is 0 Å². The van der Waals surface area contributed by atoms with Crippen molar-refractivity contribution in [2.45, 2.75) is 76.9 Å². The first kappa shape index (κ1) is 24.1. The Kier molecular flexibility index (Phi) is 17.3. The minimum atomic E-state index is -2.11. The van der Waals surface area contributed by atoms with Gasteiger partial charge in [-0.3, -0.25) is 0 Å². The second-order valence-corrected chi connectivity index (χ2v) is 5.28. The quantitative estimate of drug-likeness (QED) is 0.158. The summed E-state index contributed by atoms with van der Waals surface area (Å²) in [6.45, 7) is 2.45. The summed E-state index contributed by atoms with van der Waals surface area (Å²) in [6.07, 6.45) is 6.24. The number of unbranched alkanes of at least 4 members (excludes halogenated alkanes) is 8. The smallest absolute Gasteiger partial charge is 0.860 e. The summed E-state index contributed by atoms with van der Waals surface area (Å²) >= 11 is 0. The molecule has 0 rings (SSSR count). The molecule has 0 fully saturated rings. The maximum atomic E-state index is 11.3. The molecule has 0 aliphatic heterocycles. The molecule has 0 aromatic carbocycles. The van der Waals surface area contributed by atoms with Gasteiger partial charge in [0.25, 0.3) is 0 Å². The Hall–Kier alpha value is -0.140. The molecule has 0 aromatic rings. The van der Waals surface area contributed by atoms with Gasteiger partial charge in [-0.15, -0.1) is 0 Å². The third kappa shape index (κ3) is 12.4. The summed E-state index contributed by atoms with van der Waals surface area (Å²) < 4.78 is 0. The van der Waals surface area contributed by atoms with E-state index >= 15 is 0 Å². The van der Waals surface area contributed by atoms with E-state index in [9.17, 15) is 15.0 Å². The van der Waals surface area contributed by atoms with Crippen molar-refractivity contribution in [3.63, 3.8) is 0 Å². The van der Waals surface area contributed by atoms with Gasteiger partial charge >= 0.3 is 35.5 Å². The van der Waals surface area contributed by atoms with Crippen LogP contribution in [0.15, 0.2) is 4.99 Å². The Balaban J connectivity index is 0. The van der Waals surface area contributed by atoms with Crippen molar-refractivity contribution in [1.82, 2.24) is 0 Å². The van der Waals surface area contributed by atoms with E-state index in [-0.39, 0.29) is 36.1 Å². The van der Waals surface area contributed by atoms with Crippen LogP contribution in [0.4, 0.5) is 0 Å². The van der Waals surface area contributed by atoms with Crippen molar-refractivity contribution in [3.8, 4) is 0 Å². The molecule has 0 aliphatic rings. The van der Waals surface area contributed by atoms with Gasteiger partial charge in [0.15, 0.2) is 6.10 Å². The molecule has 0 aromatic heterocycles. The maximum absolute atomic E-state index is 11.3. The fourth-order valence-electron chi connectivity index (χ4n) is 1.98. The van der Waals surface area contributed by atoms with Crippen LogP contribution in [0.3, 0.4) is 0 Å². The largest absolute Gasteiger partial charge is 1.00 e. The van der Waals surface area contributed by atoms with Crippen LogP contribution in [-0.4, -0.2) is 45.9 Å². The van der Waals surface area contributed by atoms with E-state index in [0.29, 0.717) is 0 Å². The first-order valence-corrected chi connectivity index (χ1v) is 7.81. The molecule has 7 heteroatoms. The molecule has 0 spiro atoms. The molecular weight excluding hydrogens is 297 g/mol. The van der Waals surface area contributed by atoms with Crippen LogP contribution in [0, 0.1) is 0 Å². The van der Waals surface area contributed by atoms with Gasteiger partial charge in [-0.05, 0) is 12.3 Å². The molecule has 22 heavy (non-hydrogen) atoms. The Morgan fingerprint density at radius 2 is 1.41 bits per heavy atom. The zero-order valence-electron chi connectivity index (χ0n) is 13.8. The van der Waals surface area contributed by atoms with Gasteiger partial charge in [0.1, 0.15) is 6.10 Å². The fraction of sp³-hybridized carbons (Fsp3) is 0.867. The Labute approximate surface area is 154 Å². The zero-order valence-corrected chi connectivity index (χ0v) is 15.8. The summed E-state index contributed by atoms with van der Waals surface area (Å²) in [7, 11) is 0. The zero-order chi connectivity index (χ0) is 16.1. The number of nitrogens with zero attached hydrogens (tertiary/aromatic N) is 1. The molecule has 2 unspecified atom stereocenters. The van der Waals surface area contributed by atoms with Gasteiger partial charge < -0.3 is 25.4 Å². The van der Waals surface area contributed by atoms with E-state index in [1.54, 1.807) is 0 Å². The standard InChI is InChI=1S/C15H29NO5.Na/c1-2-3-4-5-6-7-8-9-10-11-16-14(19)12(17)13(18)15(20)21;/h12-13,17-18H,2-11H2,1H3,(H,16,19)(H,20,21);/q;+1/p-1. The van der Waals surface area contributed by atoms with E-state index < -0.39 is 24.1 Å². The molecule has 3 N–H and O–H groups in total. The van der Waals surface area contributed by atoms with Gasteiger partial charge in [-0.25, -0.2) is 4.79 Å². The number of aliphatic hydroxyl groups is 2. The van der Waals surface area contributed by atoms with E-state index in [1.807, 2.05) is 0 Å². The molecule has 6 nitrogen and oxygen atoms in total. The van der Waals surface area contributed by atoms with Crippen LogP contribution in [0.25, 0.3) is 0 Å². The Morgan fingerprint density at radius 1 is 0.955 bits per heavy atom. The van der Waals surface area contributed by atoms with Crippen LogP contribution >= 0.6 is 0 Å². The van der Waals surface area contributed by atoms with Crippen molar-refractivity contribution in [1.29, 1.82) is 0 Å².